The number of rotatable bonds is 8. The van der Waals surface area contributed by atoms with Crippen molar-refractivity contribution in [3.8, 4) is 0 Å². The number of hydrogen-bond donors (Lipinski definition) is 1. The van der Waals surface area contributed by atoms with Crippen LogP contribution in [0.2, 0.25) is 0 Å². The fourth-order valence-corrected chi connectivity index (χ4v) is 2.13. The summed E-state index contributed by atoms with van der Waals surface area (Å²) in [4.78, 5) is 7.88. The second-order valence-corrected chi connectivity index (χ2v) is 5.14. The van der Waals surface area contributed by atoms with E-state index in [0.29, 0.717) is 0 Å². The predicted molar refractivity (Wildman–Crippen MR) is 68.0 cm³/mol. The molecule has 92 valence electrons. The van der Waals surface area contributed by atoms with Gasteiger partial charge < -0.3 is 15.0 Å². The second kappa shape index (κ2) is 7.73. The standard InChI is InChI=1S/C11H21N3OS/c1-14(2)6-4-11-13-9-10(16-11)8-12-5-7-15-3/h9,12H,4-8H2,1-3H3. The predicted octanol–water partition coefficient (Wildman–Crippen LogP) is 0.983. The Bertz CT molecular complexity index is 289. The normalized spacial score (nSPS) is 11.2. The van der Waals surface area contributed by atoms with Gasteiger partial charge in [0.05, 0.1) is 11.6 Å². The van der Waals surface area contributed by atoms with Gasteiger partial charge in [0, 0.05) is 44.2 Å². The molecular weight excluding hydrogens is 222 g/mol. The van der Waals surface area contributed by atoms with Crippen LogP contribution in [0.25, 0.3) is 0 Å². The Hall–Kier alpha value is -0.490. The van der Waals surface area contributed by atoms with E-state index in [0.717, 1.165) is 32.7 Å². The van der Waals surface area contributed by atoms with Crippen LogP contribution in [0.15, 0.2) is 6.20 Å². The molecule has 0 fully saturated rings. The van der Waals surface area contributed by atoms with Gasteiger partial charge in [0.15, 0.2) is 0 Å². The first kappa shape index (κ1) is 13.6. The van der Waals surface area contributed by atoms with Crippen LogP contribution < -0.4 is 5.32 Å². The van der Waals surface area contributed by atoms with Crippen molar-refractivity contribution in [3.63, 3.8) is 0 Å². The van der Waals surface area contributed by atoms with Crippen LogP contribution in [0.5, 0.6) is 0 Å². The van der Waals surface area contributed by atoms with E-state index in [4.69, 9.17) is 4.74 Å². The number of methoxy groups -OCH3 is 1. The maximum Gasteiger partial charge on any atom is 0.0940 e. The molecule has 0 amide bonds. The maximum absolute atomic E-state index is 4.97. The molecule has 0 aliphatic carbocycles. The van der Waals surface area contributed by atoms with Gasteiger partial charge in [0.25, 0.3) is 0 Å². The topological polar surface area (TPSA) is 37.4 Å². The van der Waals surface area contributed by atoms with Crippen molar-refractivity contribution in [2.24, 2.45) is 0 Å². The Kier molecular flexibility index (Phi) is 6.56. The maximum atomic E-state index is 4.97. The summed E-state index contributed by atoms with van der Waals surface area (Å²) in [7, 11) is 5.88. The molecule has 0 spiro atoms. The summed E-state index contributed by atoms with van der Waals surface area (Å²) >= 11 is 1.79. The van der Waals surface area contributed by atoms with Crippen LogP contribution in [-0.2, 0) is 17.7 Å². The molecule has 0 aliphatic heterocycles. The molecule has 4 nitrogen and oxygen atoms in total. The van der Waals surface area contributed by atoms with Crippen molar-refractivity contribution in [2.45, 2.75) is 13.0 Å². The zero-order chi connectivity index (χ0) is 11.8. The summed E-state index contributed by atoms with van der Waals surface area (Å²) in [6, 6.07) is 0. The van der Waals surface area contributed by atoms with E-state index in [1.54, 1.807) is 18.4 Å². The molecule has 5 heteroatoms. The van der Waals surface area contributed by atoms with Crippen molar-refractivity contribution in [3.05, 3.63) is 16.1 Å². The third-order valence-corrected chi connectivity index (χ3v) is 3.21. The lowest BCUT2D eigenvalue weighted by Gasteiger charge is -2.06. The van der Waals surface area contributed by atoms with Crippen LogP contribution in [-0.4, -0.2) is 50.8 Å². The zero-order valence-electron chi connectivity index (χ0n) is 10.3. The molecule has 0 aromatic carbocycles. The van der Waals surface area contributed by atoms with Crippen LogP contribution >= 0.6 is 11.3 Å². The molecule has 1 N–H and O–H groups in total. The highest BCUT2D eigenvalue weighted by Gasteiger charge is 2.02. The smallest absolute Gasteiger partial charge is 0.0940 e. The molecular formula is C11H21N3OS. The van der Waals surface area contributed by atoms with Crippen molar-refractivity contribution in [1.29, 1.82) is 0 Å². The third-order valence-electron chi connectivity index (χ3n) is 2.16. The molecule has 0 saturated heterocycles. The summed E-state index contributed by atoms with van der Waals surface area (Å²) in [5.41, 5.74) is 0. The lowest BCUT2D eigenvalue weighted by atomic mass is 10.4. The minimum atomic E-state index is 0.756. The summed E-state index contributed by atoms with van der Waals surface area (Å²) in [6.07, 6.45) is 3.01. The van der Waals surface area contributed by atoms with Crippen LogP contribution in [0.1, 0.15) is 9.88 Å². The highest BCUT2D eigenvalue weighted by molar-refractivity contribution is 7.11. The van der Waals surface area contributed by atoms with Crippen molar-refractivity contribution in [1.82, 2.24) is 15.2 Å². The highest BCUT2D eigenvalue weighted by Crippen LogP contribution is 2.13. The minimum absolute atomic E-state index is 0.756. The molecule has 0 aliphatic rings. The van der Waals surface area contributed by atoms with Crippen molar-refractivity contribution in [2.75, 3.05) is 40.9 Å². The van der Waals surface area contributed by atoms with Crippen molar-refractivity contribution >= 4 is 11.3 Å². The molecule has 1 rings (SSSR count). The average molecular weight is 243 g/mol. The Morgan fingerprint density at radius 1 is 1.50 bits per heavy atom. The Morgan fingerprint density at radius 2 is 2.31 bits per heavy atom. The van der Waals surface area contributed by atoms with Gasteiger partial charge in [-0.3, -0.25) is 0 Å². The SMILES string of the molecule is COCCNCc1cnc(CCN(C)C)s1. The fraction of sp³-hybridized carbons (Fsp3) is 0.727. The van der Waals surface area contributed by atoms with Gasteiger partial charge in [-0.15, -0.1) is 11.3 Å². The van der Waals surface area contributed by atoms with Gasteiger partial charge in [-0.2, -0.15) is 0 Å². The van der Waals surface area contributed by atoms with E-state index < -0.39 is 0 Å². The quantitative estimate of drug-likeness (QED) is 0.691. The van der Waals surface area contributed by atoms with Gasteiger partial charge in [-0.05, 0) is 14.1 Å². The first-order chi connectivity index (χ1) is 7.72. The number of nitrogens with one attached hydrogen (secondary N) is 1. The molecule has 0 unspecified atom stereocenters. The van der Waals surface area contributed by atoms with Gasteiger partial charge in [-0.1, -0.05) is 0 Å². The number of likely N-dealkylation sites (N-methyl/N-ethyl adjacent to an activating group) is 1. The van der Waals surface area contributed by atoms with E-state index >= 15 is 0 Å². The zero-order valence-corrected chi connectivity index (χ0v) is 11.1. The summed E-state index contributed by atoms with van der Waals surface area (Å²) < 4.78 is 4.97. The minimum Gasteiger partial charge on any atom is -0.383 e. The summed E-state index contributed by atoms with van der Waals surface area (Å²) in [6.45, 7) is 3.60. The molecule has 1 heterocycles. The van der Waals surface area contributed by atoms with Crippen molar-refractivity contribution < 1.29 is 4.74 Å². The van der Waals surface area contributed by atoms with E-state index in [1.807, 2.05) is 6.20 Å². The number of hydrogen-bond acceptors (Lipinski definition) is 5. The number of ether oxygens (including phenoxy) is 1. The number of aromatic nitrogens is 1. The molecule has 0 radical (unpaired) electrons. The van der Waals surface area contributed by atoms with E-state index in [-0.39, 0.29) is 0 Å². The van der Waals surface area contributed by atoms with Gasteiger partial charge in [0.2, 0.25) is 0 Å². The molecule has 1 aromatic heterocycles. The lowest BCUT2D eigenvalue weighted by molar-refractivity contribution is 0.199. The van der Waals surface area contributed by atoms with Crippen LogP contribution in [0.4, 0.5) is 0 Å². The van der Waals surface area contributed by atoms with Crippen LogP contribution in [0.3, 0.4) is 0 Å². The highest BCUT2D eigenvalue weighted by atomic mass is 32.1. The van der Waals surface area contributed by atoms with Gasteiger partial charge in [0.1, 0.15) is 0 Å². The summed E-state index contributed by atoms with van der Waals surface area (Å²) in [5.74, 6) is 0. The molecule has 0 bridgehead atoms. The van der Waals surface area contributed by atoms with Gasteiger partial charge in [-0.25, -0.2) is 4.98 Å². The monoisotopic (exact) mass is 243 g/mol. The summed E-state index contributed by atoms with van der Waals surface area (Å²) in [5, 5.41) is 4.54. The first-order valence-corrected chi connectivity index (χ1v) is 6.32. The first-order valence-electron chi connectivity index (χ1n) is 5.50. The third kappa shape index (κ3) is 5.55. The van der Waals surface area contributed by atoms with E-state index in [1.165, 1.54) is 9.88 Å². The second-order valence-electron chi connectivity index (χ2n) is 3.94. The van der Waals surface area contributed by atoms with Crippen LogP contribution in [0, 0.1) is 0 Å². The Labute approximate surface area is 102 Å². The Balaban J connectivity index is 2.22. The molecule has 16 heavy (non-hydrogen) atoms. The average Bonchev–Trinajstić information content (AvgIpc) is 2.70. The molecule has 0 saturated carbocycles. The number of thiazole rings is 1. The molecule has 1 aromatic rings. The van der Waals surface area contributed by atoms with Gasteiger partial charge >= 0.3 is 0 Å². The molecule has 0 atom stereocenters. The van der Waals surface area contributed by atoms with E-state index in [2.05, 4.69) is 29.3 Å². The number of nitrogens with zero attached hydrogens (tertiary/aromatic N) is 2. The van der Waals surface area contributed by atoms with E-state index in [9.17, 15) is 0 Å². The Morgan fingerprint density at radius 3 is 3.00 bits per heavy atom. The largest absolute Gasteiger partial charge is 0.383 e. The fourth-order valence-electron chi connectivity index (χ4n) is 1.25. The lowest BCUT2D eigenvalue weighted by Crippen LogP contribution is -2.17.